The van der Waals surface area contributed by atoms with Crippen LogP contribution >= 0.6 is 0 Å². The zero-order valence-electron chi connectivity index (χ0n) is 9.97. The van der Waals surface area contributed by atoms with Crippen molar-refractivity contribution in [2.24, 2.45) is 0 Å². The van der Waals surface area contributed by atoms with Gasteiger partial charge in [0.1, 0.15) is 0 Å². The Bertz CT molecular complexity index is 510. The lowest BCUT2D eigenvalue weighted by atomic mass is 10.2. The number of rotatable bonds is 5. The van der Waals surface area contributed by atoms with E-state index in [1.807, 2.05) is 25.1 Å². The van der Waals surface area contributed by atoms with Crippen LogP contribution in [-0.4, -0.2) is 39.6 Å². The summed E-state index contributed by atoms with van der Waals surface area (Å²) in [7, 11) is 0. The zero-order valence-corrected chi connectivity index (χ0v) is 9.97. The van der Waals surface area contributed by atoms with Crippen LogP contribution in [0.4, 0.5) is 5.69 Å². The van der Waals surface area contributed by atoms with E-state index in [1.165, 1.54) is 0 Å². The van der Waals surface area contributed by atoms with Crippen molar-refractivity contribution in [1.82, 2.24) is 25.9 Å². The van der Waals surface area contributed by atoms with Crippen molar-refractivity contribution in [3.05, 3.63) is 24.3 Å². The number of nitrogens with one attached hydrogen (secondary N) is 3. The molecule has 7 heteroatoms. The Labute approximate surface area is 104 Å². The van der Waals surface area contributed by atoms with Crippen LogP contribution in [0, 0.1) is 0 Å². The Morgan fingerprint density at radius 3 is 3.06 bits per heavy atom. The van der Waals surface area contributed by atoms with E-state index in [0.29, 0.717) is 18.1 Å². The maximum absolute atomic E-state index is 11.5. The minimum absolute atomic E-state index is 0.0814. The molecule has 2 rings (SSSR count). The summed E-state index contributed by atoms with van der Waals surface area (Å²) in [5.41, 5.74) is 1.50. The predicted molar refractivity (Wildman–Crippen MR) is 66.8 cm³/mol. The topological polar surface area (TPSA) is 95.6 Å². The van der Waals surface area contributed by atoms with Crippen LogP contribution in [0.2, 0.25) is 0 Å². The van der Waals surface area contributed by atoms with Gasteiger partial charge >= 0.3 is 0 Å². The highest BCUT2D eigenvalue weighted by atomic mass is 16.1. The highest BCUT2D eigenvalue weighted by Gasteiger charge is 2.05. The number of hydrogen-bond donors (Lipinski definition) is 3. The van der Waals surface area contributed by atoms with Gasteiger partial charge in [0.05, 0.1) is 6.54 Å². The average molecular weight is 246 g/mol. The minimum atomic E-state index is -0.0814. The maximum Gasteiger partial charge on any atom is 0.238 e. The Kier molecular flexibility index (Phi) is 3.98. The summed E-state index contributed by atoms with van der Waals surface area (Å²) in [6, 6.07) is 7.29. The molecule has 0 saturated carbocycles. The number of nitrogens with zero attached hydrogens (tertiary/aromatic N) is 3. The third-order valence-corrected chi connectivity index (χ3v) is 2.29. The highest BCUT2D eigenvalue weighted by molar-refractivity contribution is 5.92. The van der Waals surface area contributed by atoms with Crippen LogP contribution in [0.15, 0.2) is 24.3 Å². The summed E-state index contributed by atoms with van der Waals surface area (Å²) in [6.07, 6.45) is 0. The molecule has 0 spiro atoms. The predicted octanol–water partition coefficient (Wildman–Crippen LogP) is 0.415. The first kappa shape index (κ1) is 12.2. The molecule has 7 nitrogen and oxygen atoms in total. The summed E-state index contributed by atoms with van der Waals surface area (Å²) in [6.45, 7) is 3.00. The smallest absolute Gasteiger partial charge is 0.238 e. The molecule has 1 heterocycles. The molecule has 2 aromatic rings. The van der Waals surface area contributed by atoms with Crippen LogP contribution in [0.5, 0.6) is 0 Å². The molecule has 0 atom stereocenters. The van der Waals surface area contributed by atoms with Crippen LogP contribution in [0.3, 0.4) is 0 Å². The first-order valence-corrected chi connectivity index (χ1v) is 5.64. The summed E-state index contributed by atoms with van der Waals surface area (Å²) in [5, 5.41) is 19.4. The number of tetrazole rings is 1. The van der Waals surface area contributed by atoms with E-state index in [-0.39, 0.29) is 5.91 Å². The number of aromatic nitrogens is 4. The Morgan fingerprint density at radius 1 is 1.44 bits per heavy atom. The van der Waals surface area contributed by atoms with E-state index in [2.05, 4.69) is 31.3 Å². The van der Waals surface area contributed by atoms with Gasteiger partial charge in [0.15, 0.2) is 0 Å². The van der Waals surface area contributed by atoms with Gasteiger partial charge in [-0.2, -0.15) is 5.21 Å². The van der Waals surface area contributed by atoms with Crippen LogP contribution in [-0.2, 0) is 4.79 Å². The van der Waals surface area contributed by atoms with Crippen molar-refractivity contribution in [1.29, 1.82) is 0 Å². The number of aromatic amines is 1. The number of benzene rings is 1. The molecule has 0 fully saturated rings. The van der Waals surface area contributed by atoms with E-state index in [1.54, 1.807) is 6.07 Å². The zero-order chi connectivity index (χ0) is 12.8. The van der Waals surface area contributed by atoms with Crippen LogP contribution in [0.1, 0.15) is 6.92 Å². The van der Waals surface area contributed by atoms with Gasteiger partial charge in [0.25, 0.3) is 0 Å². The third kappa shape index (κ3) is 3.11. The summed E-state index contributed by atoms with van der Waals surface area (Å²) < 4.78 is 0. The van der Waals surface area contributed by atoms with E-state index in [0.717, 1.165) is 12.1 Å². The SMILES string of the molecule is CCNCC(=O)Nc1cccc(-c2nn[nH]n2)c1. The van der Waals surface area contributed by atoms with E-state index >= 15 is 0 Å². The number of H-pyrrole nitrogens is 1. The van der Waals surface area contributed by atoms with Gasteiger partial charge in [-0.3, -0.25) is 4.79 Å². The molecule has 0 radical (unpaired) electrons. The molecule has 0 saturated heterocycles. The number of carbonyl (C=O) groups is 1. The first-order valence-electron chi connectivity index (χ1n) is 5.64. The van der Waals surface area contributed by atoms with Crippen molar-refractivity contribution < 1.29 is 4.79 Å². The van der Waals surface area contributed by atoms with Gasteiger partial charge < -0.3 is 10.6 Å². The Morgan fingerprint density at radius 2 is 2.33 bits per heavy atom. The molecule has 0 unspecified atom stereocenters. The van der Waals surface area contributed by atoms with Crippen molar-refractivity contribution in [3.8, 4) is 11.4 Å². The van der Waals surface area contributed by atoms with Gasteiger partial charge in [0.2, 0.25) is 11.7 Å². The molecule has 0 aliphatic heterocycles. The Balaban J connectivity index is 2.06. The molecule has 1 aromatic heterocycles. The lowest BCUT2D eigenvalue weighted by Crippen LogP contribution is -2.27. The van der Waals surface area contributed by atoms with Gasteiger partial charge in [0, 0.05) is 11.3 Å². The number of amides is 1. The highest BCUT2D eigenvalue weighted by Crippen LogP contribution is 2.17. The van der Waals surface area contributed by atoms with Crippen LogP contribution < -0.4 is 10.6 Å². The quantitative estimate of drug-likeness (QED) is 0.710. The van der Waals surface area contributed by atoms with Crippen molar-refractivity contribution in [3.63, 3.8) is 0 Å². The molecule has 1 aromatic carbocycles. The molecule has 0 aliphatic carbocycles. The van der Waals surface area contributed by atoms with Crippen molar-refractivity contribution in [2.75, 3.05) is 18.4 Å². The molecular formula is C11H14N6O. The lowest BCUT2D eigenvalue weighted by molar-refractivity contribution is -0.115. The fourth-order valence-corrected chi connectivity index (χ4v) is 1.46. The molecule has 18 heavy (non-hydrogen) atoms. The summed E-state index contributed by atoms with van der Waals surface area (Å²) in [4.78, 5) is 11.5. The molecule has 0 bridgehead atoms. The largest absolute Gasteiger partial charge is 0.325 e. The molecule has 1 amide bonds. The van der Waals surface area contributed by atoms with Crippen LogP contribution in [0.25, 0.3) is 11.4 Å². The molecule has 94 valence electrons. The standard InChI is InChI=1S/C11H14N6O/c1-2-12-7-10(18)13-9-5-3-4-8(6-9)11-14-16-17-15-11/h3-6,12H,2,7H2,1H3,(H,13,18)(H,14,15,16,17). The molecule has 3 N–H and O–H groups in total. The number of hydrogen-bond acceptors (Lipinski definition) is 5. The second kappa shape index (κ2) is 5.87. The monoisotopic (exact) mass is 246 g/mol. The minimum Gasteiger partial charge on any atom is -0.325 e. The number of anilines is 1. The van der Waals surface area contributed by atoms with E-state index in [9.17, 15) is 4.79 Å². The molecular weight excluding hydrogens is 232 g/mol. The van der Waals surface area contributed by atoms with Crippen molar-refractivity contribution >= 4 is 11.6 Å². The third-order valence-electron chi connectivity index (χ3n) is 2.29. The fraction of sp³-hybridized carbons (Fsp3) is 0.273. The first-order chi connectivity index (χ1) is 8.79. The number of likely N-dealkylation sites (N-methyl/N-ethyl adjacent to an activating group) is 1. The molecule has 0 aliphatic rings. The van der Waals surface area contributed by atoms with Gasteiger partial charge in [-0.1, -0.05) is 19.1 Å². The maximum atomic E-state index is 11.5. The second-order valence-electron chi connectivity index (χ2n) is 3.64. The normalized spacial score (nSPS) is 10.3. The second-order valence-corrected chi connectivity index (χ2v) is 3.64. The average Bonchev–Trinajstić information content (AvgIpc) is 2.90. The fourth-order valence-electron chi connectivity index (χ4n) is 1.46. The lowest BCUT2D eigenvalue weighted by Gasteiger charge is -2.06. The van der Waals surface area contributed by atoms with Gasteiger partial charge in [-0.15, -0.1) is 10.2 Å². The van der Waals surface area contributed by atoms with E-state index in [4.69, 9.17) is 0 Å². The van der Waals surface area contributed by atoms with Gasteiger partial charge in [-0.05, 0) is 23.9 Å². The Hall–Kier alpha value is -2.28. The van der Waals surface area contributed by atoms with Crippen molar-refractivity contribution in [2.45, 2.75) is 6.92 Å². The summed E-state index contributed by atoms with van der Waals surface area (Å²) >= 11 is 0. The number of carbonyl (C=O) groups excluding carboxylic acids is 1. The van der Waals surface area contributed by atoms with E-state index < -0.39 is 0 Å². The van der Waals surface area contributed by atoms with Gasteiger partial charge in [-0.25, -0.2) is 0 Å². The summed E-state index contributed by atoms with van der Waals surface area (Å²) in [5.74, 6) is 0.417.